The average molecular weight is 306 g/mol. The van der Waals surface area contributed by atoms with Gasteiger partial charge < -0.3 is 5.73 Å². The van der Waals surface area contributed by atoms with Crippen molar-refractivity contribution >= 4 is 40.2 Å². The Morgan fingerprint density at radius 2 is 2.10 bits per heavy atom. The van der Waals surface area contributed by atoms with Crippen LogP contribution in [0.4, 0.5) is 5.82 Å². The van der Waals surface area contributed by atoms with Gasteiger partial charge in [-0.05, 0) is 12.1 Å². The van der Waals surface area contributed by atoms with Gasteiger partial charge in [0, 0.05) is 11.9 Å². The van der Waals surface area contributed by atoms with Crippen molar-refractivity contribution in [1.29, 1.82) is 0 Å². The third kappa shape index (κ3) is 2.44. The largest absolute Gasteiger partial charge is 0.383 e. The van der Waals surface area contributed by atoms with Gasteiger partial charge in [-0.25, -0.2) is 9.97 Å². The fraction of sp³-hybridized carbons (Fsp3) is 0.154. The zero-order valence-electron chi connectivity index (χ0n) is 10.7. The normalized spacial score (nSPS) is 11.1. The molecule has 2 heterocycles. The number of benzene rings is 1. The van der Waals surface area contributed by atoms with Crippen LogP contribution < -0.4 is 5.73 Å². The van der Waals surface area contributed by atoms with E-state index in [-0.39, 0.29) is 0 Å². The van der Waals surface area contributed by atoms with Gasteiger partial charge in [-0.2, -0.15) is 5.10 Å². The van der Waals surface area contributed by atoms with Gasteiger partial charge in [0.2, 0.25) is 0 Å². The minimum absolute atomic E-state index is 0.456. The lowest BCUT2D eigenvalue weighted by Gasteiger charge is -2.05. The fourth-order valence-electron chi connectivity index (χ4n) is 1.86. The van der Waals surface area contributed by atoms with Gasteiger partial charge >= 0.3 is 0 Å². The molecular formula is C13H12ClN5S. The summed E-state index contributed by atoms with van der Waals surface area (Å²) in [4.78, 5) is 9.80. The Morgan fingerprint density at radius 3 is 2.90 bits per heavy atom. The molecule has 2 aromatic heterocycles. The molecule has 1 aromatic carbocycles. The lowest BCUT2D eigenvalue weighted by atomic mass is 10.4. The molecule has 5 nitrogen and oxygen atoms in total. The highest BCUT2D eigenvalue weighted by molar-refractivity contribution is 7.98. The molecule has 102 valence electrons. The van der Waals surface area contributed by atoms with Crippen molar-refractivity contribution in [3.8, 4) is 0 Å². The molecule has 2 N–H and O–H groups in total. The lowest BCUT2D eigenvalue weighted by Crippen LogP contribution is -2.01. The van der Waals surface area contributed by atoms with Gasteiger partial charge in [0.1, 0.15) is 11.6 Å². The highest BCUT2D eigenvalue weighted by atomic mass is 35.5. The van der Waals surface area contributed by atoms with Gasteiger partial charge in [0.05, 0.1) is 22.4 Å². The molecule has 0 aliphatic rings. The molecule has 0 radical (unpaired) electrons. The standard InChI is InChI=1S/C13H12ClN5S/c1-19-13-8(6-16-19)12(15)17-11(18-13)7-20-10-5-3-2-4-9(10)14/h2-6H,7H2,1H3,(H2,15,17,18). The molecule has 0 bridgehead atoms. The van der Waals surface area contributed by atoms with E-state index in [1.165, 1.54) is 0 Å². The lowest BCUT2D eigenvalue weighted by molar-refractivity contribution is 0.782. The molecule has 0 saturated heterocycles. The number of thioether (sulfide) groups is 1. The summed E-state index contributed by atoms with van der Waals surface area (Å²) in [5.41, 5.74) is 6.67. The highest BCUT2D eigenvalue weighted by Crippen LogP contribution is 2.29. The van der Waals surface area contributed by atoms with Crippen LogP contribution in [0.15, 0.2) is 35.4 Å². The van der Waals surface area contributed by atoms with Crippen LogP contribution in [-0.2, 0) is 12.8 Å². The zero-order chi connectivity index (χ0) is 14.1. The Kier molecular flexibility index (Phi) is 3.50. The summed E-state index contributed by atoms with van der Waals surface area (Å²) in [6.45, 7) is 0. The van der Waals surface area contributed by atoms with Crippen LogP contribution in [0, 0.1) is 0 Å². The number of aromatic nitrogens is 4. The number of nitrogens with zero attached hydrogens (tertiary/aromatic N) is 4. The van der Waals surface area contributed by atoms with E-state index in [2.05, 4.69) is 15.1 Å². The third-order valence-corrected chi connectivity index (χ3v) is 4.37. The van der Waals surface area contributed by atoms with E-state index in [9.17, 15) is 0 Å². The smallest absolute Gasteiger partial charge is 0.163 e. The van der Waals surface area contributed by atoms with Crippen LogP contribution in [0.2, 0.25) is 5.02 Å². The Bertz CT molecular complexity index is 771. The van der Waals surface area contributed by atoms with Gasteiger partial charge in [-0.3, -0.25) is 4.68 Å². The molecule has 3 rings (SSSR count). The van der Waals surface area contributed by atoms with E-state index in [1.54, 1.807) is 22.6 Å². The van der Waals surface area contributed by atoms with E-state index < -0.39 is 0 Å². The van der Waals surface area contributed by atoms with Crippen LogP contribution in [-0.4, -0.2) is 19.7 Å². The second kappa shape index (κ2) is 5.30. The summed E-state index contributed by atoms with van der Waals surface area (Å²) < 4.78 is 1.69. The minimum atomic E-state index is 0.456. The summed E-state index contributed by atoms with van der Waals surface area (Å²) in [6, 6.07) is 7.69. The summed E-state index contributed by atoms with van der Waals surface area (Å²) in [5.74, 6) is 1.73. The summed E-state index contributed by atoms with van der Waals surface area (Å²) in [6.07, 6.45) is 1.68. The molecule has 3 aromatic rings. The first-order chi connectivity index (χ1) is 9.65. The molecule has 0 aliphatic heterocycles. The number of anilines is 1. The number of halogens is 1. The Labute approximate surface area is 125 Å². The Hall–Kier alpha value is -1.79. The van der Waals surface area contributed by atoms with Crippen molar-refractivity contribution in [3.05, 3.63) is 41.3 Å². The van der Waals surface area contributed by atoms with Crippen LogP contribution in [0.3, 0.4) is 0 Å². The van der Waals surface area contributed by atoms with E-state index in [0.717, 1.165) is 21.0 Å². The number of fused-ring (bicyclic) bond motifs is 1. The molecule has 0 amide bonds. The molecule has 20 heavy (non-hydrogen) atoms. The van der Waals surface area contributed by atoms with Gasteiger partial charge in [-0.1, -0.05) is 23.7 Å². The SMILES string of the molecule is Cn1ncc2c(N)nc(CSc3ccccc3Cl)nc21. The second-order valence-corrected chi connectivity index (χ2v) is 5.67. The Morgan fingerprint density at radius 1 is 1.30 bits per heavy atom. The van der Waals surface area contributed by atoms with Crippen LogP contribution in [0.1, 0.15) is 5.82 Å². The molecule has 0 fully saturated rings. The summed E-state index contributed by atoms with van der Waals surface area (Å²) >= 11 is 7.71. The Balaban J connectivity index is 1.88. The number of hydrogen-bond acceptors (Lipinski definition) is 5. The third-order valence-electron chi connectivity index (χ3n) is 2.86. The van der Waals surface area contributed by atoms with Crippen LogP contribution >= 0.6 is 23.4 Å². The monoisotopic (exact) mass is 305 g/mol. The number of nitrogen functional groups attached to an aromatic ring is 1. The zero-order valence-corrected chi connectivity index (χ0v) is 12.3. The topological polar surface area (TPSA) is 69.6 Å². The van der Waals surface area contributed by atoms with Crippen molar-refractivity contribution < 1.29 is 0 Å². The molecular weight excluding hydrogens is 294 g/mol. The summed E-state index contributed by atoms with van der Waals surface area (Å²) in [5, 5.41) is 5.64. The van der Waals surface area contributed by atoms with Crippen LogP contribution in [0.25, 0.3) is 11.0 Å². The van der Waals surface area contributed by atoms with Gasteiger partial charge in [-0.15, -0.1) is 11.8 Å². The fourth-order valence-corrected chi connectivity index (χ4v) is 2.95. The predicted octanol–water partition coefficient (Wildman–Crippen LogP) is 2.89. The minimum Gasteiger partial charge on any atom is -0.383 e. The van der Waals surface area contributed by atoms with Crippen molar-refractivity contribution in [2.45, 2.75) is 10.6 Å². The molecule has 0 atom stereocenters. The molecule has 0 spiro atoms. The van der Waals surface area contributed by atoms with E-state index >= 15 is 0 Å². The van der Waals surface area contributed by atoms with Gasteiger partial charge in [0.25, 0.3) is 0 Å². The molecule has 7 heteroatoms. The quantitative estimate of drug-likeness (QED) is 0.753. The molecule has 0 saturated carbocycles. The number of nitrogens with two attached hydrogens (primary N) is 1. The first-order valence-electron chi connectivity index (χ1n) is 5.96. The van der Waals surface area contributed by atoms with Crippen molar-refractivity contribution in [1.82, 2.24) is 19.7 Å². The van der Waals surface area contributed by atoms with E-state index in [4.69, 9.17) is 17.3 Å². The number of rotatable bonds is 3. The molecule has 0 aliphatic carbocycles. The highest BCUT2D eigenvalue weighted by Gasteiger charge is 2.10. The maximum Gasteiger partial charge on any atom is 0.163 e. The predicted molar refractivity (Wildman–Crippen MR) is 81.7 cm³/mol. The van der Waals surface area contributed by atoms with E-state index in [0.29, 0.717) is 17.4 Å². The summed E-state index contributed by atoms with van der Waals surface area (Å²) in [7, 11) is 1.83. The maximum absolute atomic E-state index is 6.12. The maximum atomic E-state index is 6.12. The number of aryl methyl sites for hydroxylation is 1. The van der Waals surface area contributed by atoms with E-state index in [1.807, 2.05) is 31.3 Å². The van der Waals surface area contributed by atoms with Crippen molar-refractivity contribution in [2.24, 2.45) is 7.05 Å². The first-order valence-corrected chi connectivity index (χ1v) is 7.33. The molecule has 0 unspecified atom stereocenters. The average Bonchev–Trinajstić information content (AvgIpc) is 2.80. The first kappa shape index (κ1) is 13.2. The van der Waals surface area contributed by atoms with Crippen molar-refractivity contribution in [2.75, 3.05) is 5.73 Å². The second-order valence-electron chi connectivity index (χ2n) is 4.25. The number of hydrogen-bond donors (Lipinski definition) is 1. The van der Waals surface area contributed by atoms with Crippen molar-refractivity contribution in [3.63, 3.8) is 0 Å². The van der Waals surface area contributed by atoms with Crippen LogP contribution in [0.5, 0.6) is 0 Å². The van der Waals surface area contributed by atoms with Gasteiger partial charge in [0.15, 0.2) is 5.65 Å².